The lowest BCUT2D eigenvalue weighted by Gasteiger charge is -2.21. The minimum Gasteiger partial charge on any atom is -0.394 e. The Labute approximate surface area is 90.3 Å². The average molecular weight is 229 g/mol. The third-order valence-corrected chi connectivity index (χ3v) is 3.48. The molecule has 0 amide bonds. The summed E-state index contributed by atoms with van der Waals surface area (Å²) in [4.78, 5) is 16.0. The van der Waals surface area contributed by atoms with Gasteiger partial charge in [-0.15, -0.1) is 0 Å². The second-order valence-corrected chi connectivity index (χ2v) is 4.40. The Morgan fingerprint density at radius 3 is 3.20 bits per heavy atom. The zero-order valence-corrected chi connectivity index (χ0v) is 8.81. The highest BCUT2D eigenvalue weighted by molar-refractivity contribution is 7.18. The lowest BCUT2D eigenvalue weighted by molar-refractivity contribution is -0.380. The van der Waals surface area contributed by atoms with Crippen LogP contribution in [-0.2, 0) is 0 Å². The number of aliphatic hydroxyl groups is 1. The van der Waals surface area contributed by atoms with E-state index in [0.717, 1.165) is 30.7 Å². The fourth-order valence-electron chi connectivity index (χ4n) is 1.75. The van der Waals surface area contributed by atoms with Crippen molar-refractivity contribution >= 4 is 21.5 Å². The molecule has 1 aromatic heterocycles. The molecular formula is C8H11N3O3S. The van der Waals surface area contributed by atoms with Crippen molar-refractivity contribution in [3.8, 4) is 0 Å². The third-order valence-electron chi connectivity index (χ3n) is 2.49. The number of nitro groups is 1. The Hall–Kier alpha value is -1.21. The van der Waals surface area contributed by atoms with E-state index in [1.54, 1.807) is 0 Å². The molecule has 1 unspecified atom stereocenters. The van der Waals surface area contributed by atoms with Gasteiger partial charge in [0.2, 0.25) is 0 Å². The second-order valence-electron chi connectivity index (χ2n) is 3.41. The molecule has 1 aliphatic heterocycles. The van der Waals surface area contributed by atoms with Gasteiger partial charge in [-0.1, -0.05) is 0 Å². The van der Waals surface area contributed by atoms with Crippen molar-refractivity contribution in [1.29, 1.82) is 0 Å². The molecule has 1 aliphatic rings. The maximum atomic E-state index is 10.5. The smallest absolute Gasteiger partial charge is 0.345 e. The van der Waals surface area contributed by atoms with Crippen LogP contribution in [0.3, 0.4) is 0 Å². The molecular weight excluding hydrogens is 218 g/mol. The molecule has 2 heterocycles. The summed E-state index contributed by atoms with van der Waals surface area (Å²) < 4.78 is 0. The van der Waals surface area contributed by atoms with Crippen LogP contribution >= 0.6 is 11.3 Å². The standard InChI is InChI=1S/C8H11N3O3S/c12-5-6-2-1-3-10(6)8-9-4-7(15-8)11(13)14/h4,6,12H,1-3,5H2. The Morgan fingerprint density at radius 2 is 2.60 bits per heavy atom. The van der Waals surface area contributed by atoms with E-state index in [-0.39, 0.29) is 17.6 Å². The van der Waals surface area contributed by atoms with E-state index in [1.165, 1.54) is 6.20 Å². The van der Waals surface area contributed by atoms with Gasteiger partial charge in [0.05, 0.1) is 17.6 Å². The molecule has 0 spiro atoms. The van der Waals surface area contributed by atoms with Crippen molar-refractivity contribution in [2.45, 2.75) is 18.9 Å². The third kappa shape index (κ3) is 1.93. The number of aliphatic hydroxyl groups excluding tert-OH is 1. The fraction of sp³-hybridized carbons (Fsp3) is 0.625. The SMILES string of the molecule is O=[N+]([O-])c1cnc(N2CCCC2CO)s1. The van der Waals surface area contributed by atoms with Crippen LogP contribution in [0.15, 0.2) is 6.20 Å². The summed E-state index contributed by atoms with van der Waals surface area (Å²) in [6, 6.07) is 0.0655. The summed E-state index contributed by atoms with van der Waals surface area (Å²) >= 11 is 1.06. The van der Waals surface area contributed by atoms with Gasteiger partial charge in [-0.05, 0) is 24.2 Å². The number of hydrogen-bond acceptors (Lipinski definition) is 6. The topological polar surface area (TPSA) is 79.5 Å². The summed E-state index contributed by atoms with van der Waals surface area (Å²) in [5, 5.41) is 20.3. The highest BCUT2D eigenvalue weighted by atomic mass is 32.1. The molecule has 1 atom stereocenters. The second kappa shape index (κ2) is 4.11. The number of hydrogen-bond donors (Lipinski definition) is 1. The van der Waals surface area contributed by atoms with Gasteiger partial charge < -0.3 is 10.0 Å². The van der Waals surface area contributed by atoms with Crippen LogP contribution in [0.25, 0.3) is 0 Å². The molecule has 0 aliphatic carbocycles. The first-order valence-corrected chi connectivity index (χ1v) is 5.51. The molecule has 0 bridgehead atoms. The van der Waals surface area contributed by atoms with Crippen LogP contribution in [0.5, 0.6) is 0 Å². The molecule has 15 heavy (non-hydrogen) atoms. The first-order valence-electron chi connectivity index (χ1n) is 4.70. The van der Waals surface area contributed by atoms with Crippen LogP contribution in [-0.4, -0.2) is 34.2 Å². The van der Waals surface area contributed by atoms with Gasteiger partial charge in [-0.2, -0.15) is 0 Å². The summed E-state index contributed by atoms with van der Waals surface area (Å²) in [6.07, 6.45) is 3.19. The van der Waals surface area contributed by atoms with Gasteiger partial charge in [0.15, 0.2) is 5.13 Å². The Balaban J connectivity index is 2.18. The van der Waals surface area contributed by atoms with E-state index in [1.807, 2.05) is 4.90 Å². The van der Waals surface area contributed by atoms with Crippen LogP contribution in [0, 0.1) is 10.1 Å². The highest BCUT2D eigenvalue weighted by Gasteiger charge is 2.27. The van der Waals surface area contributed by atoms with Crippen molar-refractivity contribution in [1.82, 2.24) is 4.98 Å². The van der Waals surface area contributed by atoms with Gasteiger partial charge in [-0.25, -0.2) is 4.98 Å². The zero-order valence-electron chi connectivity index (χ0n) is 8.00. The molecule has 0 radical (unpaired) electrons. The highest BCUT2D eigenvalue weighted by Crippen LogP contribution is 2.32. The largest absolute Gasteiger partial charge is 0.394 e. The zero-order chi connectivity index (χ0) is 10.8. The monoisotopic (exact) mass is 229 g/mol. The average Bonchev–Trinajstić information content (AvgIpc) is 2.85. The molecule has 0 aromatic carbocycles. The lowest BCUT2D eigenvalue weighted by Crippen LogP contribution is -2.31. The van der Waals surface area contributed by atoms with Crippen LogP contribution < -0.4 is 4.90 Å². The Morgan fingerprint density at radius 1 is 1.80 bits per heavy atom. The van der Waals surface area contributed by atoms with Crippen LogP contribution in [0.1, 0.15) is 12.8 Å². The maximum absolute atomic E-state index is 10.5. The van der Waals surface area contributed by atoms with Crippen molar-refractivity contribution < 1.29 is 10.0 Å². The van der Waals surface area contributed by atoms with Gasteiger partial charge in [0.1, 0.15) is 6.20 Å². The minimum absolute atomic E-state index is 0.0496. The maximum Gasteiger partial charge on any atom is 0.345 e. The molecule has 0 saturated carbocycles. The number of nitrogens with zero attached hydrogens (tertiary/aromatic N) is 3. The predicted octanol–water partition coefficient (Wildman–Crippen LogP) is 1.01. The van der Waals surface area contributed by atoms with E-state index < -0.39 is 4.92 Å². The predicted molar refractivity (Wildman–Crippen MR) is 56.2 cm³/mol. The van der Waals surface area contributed by atoms with E-state index in [0.29, 0.717) is 5.13 Å². The lowest BCUT2D eigenvalue weighted by atomic mass is 10.2. The minimum atomic E-state index is -0.439. The van der Waals surface area contributed by atoms with E-state index in [9.17, 15) is 10.1 Å². The fourth-order valence-corrected chi connectivity index (χ4v) is 2.58. The van der Waals surface area contributed by atoms with Crippen molar-refractivity contribution in [3.05, 3.63) is 16.3 Å². The van der Waals surface area contributed by atoms with Crippen LogP contribution in [0.4, 0.5) is 10.1 Å². The number of rotatable bonds is 3. The van der Waals surface area contributed by atoms with Crippen molar-refractivity contribution in [3.63, 3.8) is 0 Å². The molecule has 1 N–H and O–H groups in total. The Bertz CT molecular complexity index is 368. The van der Waals surface area contributed by atoms with Crippen LogP contribution in [0.2, 0.25) is 0 Å². The quantitative estimate of drug-likeness (QED) is 0.618. The number of thiazole rings is 1. The van der Waals surface area contributed by atoms with E-state index >= 15 is 0 Å². The normalized spacial score (nSPS) is 20.9. The van der Waals surface area contributed by atoms with E-state index in [2.05, 4.69) is 4.98 Å². The van der Waals surface area contributed by atoms with Gasteiger partial charge in [0, 0.05) is 6.54 Å². The summed E-state index contributed by atoms with van der Waals surface area (Å²) in [5.74, 6) is 0. The summed E-state index contributed by atoms with van der Waals surface area (Å²) in [7, 11) is 0. The summed E-state index contributed by atoms with van der Waals surface area (Å²) in [6.45, 7) is 0.892. The molecule has 6 nitrogen and oxygen atoms in total. The number of anilines is 1. The van der Waals surface area contributed by atoms with Gasteiger partial charge in [-0.3, -0.25) is 10.1 Å². The van der Waals surface area contributed by atoms with E-state index in [4.69, 9.17) is 5.11 Å². The molecule has 82 valence electrons. The molecule has 2 rings (SSSR count). The molecule has 1 fully saturated rings. The Kier molecular flexibility index (Phi) is 2.83. The van der Waals surface area contributed by atoms with Crippen molar-refractivity contribution in [2.24, 2.45) is 0 Å². The van der Waals surface area contributed by atoms with Gasteiger partial charge in [0.25, 0.3) is 0 Å². The number of aromatic nitrogens is 1. The molecule has 1 aromatic rings. The van der Waals surface area contributed by atoms with Crippen molar-refractivity contribution in [2.75, 3.05) is 18.1 Å². The van der Waals surface area contributed by atoms with Gasteiger partial charge >= 0.3 is 5.00 Å². The molecule has 1 saturated heterocycles. The first-order chi connectivity index (χ1) is 7.22. The summed E-state index contributed by atoms with van der Waals surface area (Å²) in [5.41, 5.74) is 0. The molecule has 7 heteroatoms. The first kappa shape index (κ1) is 10.3.